The van der Waals surface area contributed by atoms with Crippen LogP contribution >= 0.6 is 24.8 Å². The van der Waals surface area contributed by atoms with Gasteiger partial charge < -0.3 is 20.1 Å². The smallest absolute Gasteiger partial charge is 0.248 e. The topological polar surface area (TPSA) is 71.6 Å². The molecule has 6 nitrogen and oxygen atoms in total. The van der Waals surface area contributed by atoms with Gasteiger partial charge in [0, 0.05) is 35.3 Å². The Bertz CT molecular complexity index is 979. The second-order valence-corrected chi connectivity index (χ2v) is 9.54. The summed E-state index contributed by atoms with van der Waals surface area (Å²) < 4.78 is 11.6. The van der Waals surface area contributed by atoms with Crippen LogP contribution in [0.3, 0.4) is 0 Å². The third kappa shape index (κ3) is 8.73. The number of methoxy groups -OCH3 is 1. The molecule has 1 aliphatic rings. The number of rotatable bonds is 11. The summed E-state index contributed by atoms with van der Waals surface area (Å²) in [7, 11) is 1.66. The van der Waals surface area contributed by atoms with Crippen molar-refractivity contribution in [2.75, 3.05) is 20.2 Å². The Balaban J connectivity index is 0.00000306. The molecule has 194 valence electrons. The fraction of sp³-hybridized carbons (Fsp3) is 0.444. The third-order valence-corrected chi connectivity index (χ3v) is 5.70. The summed E-state index contributed by atoms with van der Waals surface area (Å²) >= 11 is 0. The van der Waals surface area contributed by atoms with Crippen LogP contribution in [0.4, 0.5) is 0 Å². The number of carbonyl (C=O) groups excluding carboxylic acids is 1. The van der Waals surface area contributed by atoms with Gasteiger partial charge in [0.2, 0.25) is 5.91 Å². The first-order valence-electron chi connectivity index (χ1n) is 11.6. The van der Waals surface area contributed by atoms with Crippen molar-refractivity contribution in [2.24, 2.45) is 0 Å². The lowest BCUT2D eigenvalue weighted by atomic mass is 9.96. The van der Waals surface area contributed by atoms with Crippen molar-refractivity contribution in [3.8, 4) is 11.5 Å². The van der Waals surface area contributed by atoms with Crippen LogP contribution in [-0.2, 0) is 17.9 Å². The van der Waals surface area contributed by atoms with E-state index < -0.39 is 0 Å². The minimum atomic E-state index is -0.325. The van der Waals surface area contributed by atoms with E-state index in [2.05, 4.69) is 29.8 Å². The molecule has 0 aliphatic carbocycles. The molecule has 1 amide bonds. The number of hydrogen-bond acceptors (Lipinski definition) is 5. The predicted molar refractivity (Wildman–Crippen MR) is 147 cm³/mol. The van der Waals surface area contributed by atoms with Crippen LogP contribution in [-0.4, -0.2) is 37.2 Å². The Morgan fingerprint density at radius 3 is 2.31 bits per heavy atom. The number of nitrogens with one attached hydrogen (secondary N) is 3. The molecule has 2 aromatic carbocycles. The van der Waals surface area contributed by atoms with E-state index in [-0.39, 0.29) is 41.8 Å². The van der Waals surface area contributed by atoms with Gasteiger partial charge in [-0.2, -0.15) is 0 Å². The van der Waals surface area contributed by atoms with E-state index in [9.17, 15) is 4.79 Å². The number of benzene rings is 2. The summed E-state index contributed by atoms with van der Waals surface area (Å²) in [5.74, 6) is 1.49. The average Bonchev–Trinajstić information content (AvgIpc) is 3.02. The van der Waals surface area contributed by atoms with Gasteiger partial charge in [-0.3, -0.25) is 10.1 Å². The fourth-order valence-corrected chi connectivity index (χ4v) is 4.29. The largest absolute Gasteiger partial charge is 0.493 e. The molecule has 35 heavy (non-hydrogen) atoms. The Hall–Kier alpha value is -2.25. The average molecular weight is 525 g/mol. The van der Waals surface area contributed by atoms with E-state index in [4.69, 9.17) is 9.47 Å². The van der Waals surface area contributed by atoms with Crippen molar-refractivity contribution in [1.29, 1.82) is 0 Å². The summed E-state index contributed by atoms with van der Waals surface area (Å²) in [4.78, 5) is 12.6. The molecule has 8 heteroatoms. The molecule has 1 heterocycles. The fourth-order valence-electron chi connectivity index (χ4n) is 4.29. The van der Waals surface area contributed by atoms with Crippen molar-refractivity contribution >= 4 is 30.7 Å². The summed E-state index contributed by atoms with van der Waals surface area (Å²) in [6.45, 7) is 10.8. The normalized spacial score (nSPS) is 15.3. The highest BCUT2D eigenvalue weighted by Gasteiger charge is 2.39. The zero-order valence-corrected chi connectivity index (χ0v) is 22.9. The molecule has 2 aromatic rings. The minimum Gasteiger partial charge on any atom is -0.493 e. The maximum absolute atomic E-state index is 12.6. The van der Waals surface area contributed by atoms with Crippen LogP contribution in [0.15, 0.2) is 60.2 Å². The Morgan fingerprint density at radius 2 is 1.69 bits per heavy atom. The summed E-state index contributed by atoms with van der Waals surface area (Å²) in [6.07, 6.45) is 2.86. The van der Waals surface area contributed by atoms with Crippen molar-refractivity contribution < 1.29 is 14.3 Å². The maximum atomic E-state index is 12.6. The molecule has 0 atom stereocenters. The summed E-state index contributed by atoms with van der Waals surface area (Å²) in [6, 6.07) is 16.0. The van der Waals surface area contributed by atoms with Gasteiger partial charge in [0.05, 0.1) is 7.11 Å². The zero-order chi connectivity index (χ0) is 23.9. The lowest BCUT2D eigenvalue weighted by molar-refractivity contribution is -0.118. The second-order valence-electron chi connectivity index (χ2n) is 9.54. The zero-order valence-electron chi connectivity index (χ0n) is 21.3. The summed E-state index contributed by atoms with van der Waals surface area (Å²) in [5, 5.41) is 9.98. The van der Waals surface area contributed by atoms with Gasteiger partial charge >= 0.3 is 0 Å². The molecule has 0 fully saturated rings. The van der Waals surface area contributed by atoms with Gasteiger partial charge in [-0.25, -0.2) is 0 Å². The molecule has 0 saturated heterocycles. The molecule has 0 radical (unpaired) electrons. The number of para-hydroxylation sites is 1. The highest BCUT2D eigenvalue weighted by Crippen LogP contribution is 2.32. The number of amides is 1. The first kappa shape index (κ1) is 30.8. The van der Waals surface area contributed by atoms with Crippen molar-refractivity contribution in [1.82, 2.24) is 16.0 Å². The SMILES string of the molecule is COc1cccc(CNCCCNC(=O)C2=CC(C)(C)NC2(C)C)c1OCc1ccccc1.Cl.Cl. The molecule has 0 bridgehead atoms. The van der Waals surface area contributed by atoms with E-state index in [1.807, 2.05) is 68.5 Å². The Labute approximate surface area is 222 Å². The van der Waals surface area contributed by atoms with Crippen molar-refractivity contribution in [2.45, 2.75) is 58.3 Å². The molecule has 0 spiro atoms. The van der Waals surface area contributed by atoms with Crippen LogP contribution in [0.25, 0.3) is 0 Å². The highest BCUT2D eigenvalue weighted by atomic mass is 35.5. The number of halogens is 2. The van der Waals surface area contributed by atoms with Crippen LogP contribution in [0.2, 0.25) is 0 Å². The highest BCUT2D eigenvalue weighted by molar-refractivity contribution is 5.96. The molecular formula is C27H39Cl2N3O3. The van der Waals surface area contributed by atoms with Crippen molar-refractivity contribution in [3.05, 3.63) is 71.3 Å². The quantitative estimate of drug-likeness (QED) is 0.369. The Morgan fingerprint density at radius 1 is 0.971 bits per heavy atom. The molecule has 3 rings (SSSR count). The van der Waals surface area contributed by atoms with Gasteiger partial charge in [0.15, 0.2) is 11.5 Å². The van der Waals surface area contributed by atoms with Crippen molar-refractivity contribution in [3.63, 3.8) is 0 Å². The third-order valence-electron chi connectivity index (χ3n) is 5.70. The molecule has 3 N–H and O–H groups in total. The van der Waals surface area contributed by atoms with E-state index in [0.717, 1.165) is 41.2 Å². The van der Waals surface area contributed by atoms with Gasteiger partial charge in [0.25, 0.3) is 0 Å². The molecule has 1 aliphatic heterocycles. The predicted octanol–water partition coefficient (Wildman–Crippen LogP) is 4.80. The van der Waals surface area contributed by atoms with Crippen LogP contribution in [0.5, 0.6) is 11.5 Å². The molecule has 0 unspecified atom stereocenters. The lowest BCUT2D eigenvalue weighted by Crippen LogP contribution is -2.47. The van der Waals surface area contributed by atoms with E-state index in [1.165, 1.54) is 0 Å². The Kier molecular flexibility index (Phi) is 12.1. The molecular weight excluding hydrogens is 485 g/mol. The van der Waals surface area contributed by atoms with E-state index in [1.54, 1.807) is 7.11 Å². The molecule has 0 aromatic heterocycles. The van der Waals surface area contributed by atoms with Gasteiger partial charge in [-0.15, -0.1) is 24.8 Å². The van der Waals surface area contributed by atoms with E-state index in [0.29, 0.717) is 19.7 Å². The van der Waals surface area contributed by atoms with Gasteiger partial charge in [-0.1, -0.05) is 48.5 Å². The van der Waals surface area contributed by atoms with Crippen LogP contribution in [0.1, 0.15) is 45.2 Å². The minimum absolute atomic E-state index is 0. The second kappa shape index (κ2) is 13.7. The monoisotopic (exact) mass is 523 g/mol. The van der Waals surface area contributed by atoms with Gasteiger partial charge in [0.1, 0.15) is 6.61 Å². The number of hydrogen-bond donors (Lipinski definition) is 3. The number of ether oxygens (including phenoxy) is 2. The van der Waals surface area contributed by atoms with Crippen LogP contribution < -0.4 is 25.4 Å². The van der Waals surface area contributed by atoms with E-state index >= 15 is 0 Å². The maximum Gasteiger partial charge on any atom is 0.248 e. The lowest BCUT2D eigenvalue weighted by Gasteiger charge is -2.27. The standard InChI is InChI=1S/C27H37N3O3.2ClH/c1-26(2)17-22(27(3,4)30-26)25(31)29-16-10-15-28-18-21-13-9-14-23(32-5)24(21)33-19-20-11-7-6-8-12-20;;/h6-9,11-14,17,28,30H,10,15-16,18-19H2,1-5H3,(H,29,31);2*1H. The molecule has 0 saturated carbocycles. The van der Waals surface area contributed by atoms with Gasteiger partial charge in [-0.05, 0) is 52.3 Å². The van der Waals surface area contributed by atoms with Crippen LogP contribution in [0, 0.1) is 0 Å². The first-order valence-corrected chi connectivity index (χ1v) is 11.6. The number of carbonyl (C=O) groups is 1. The first-order chi connectivity index (χ1) is 15.7. The summed E-state index contributed by atoms with van der Waals surface area (Å²) in [5.41, 5.74) is 2.46.